The Labute approximate surface area is 200 Å². The van der Waals surface area contributed by atoms with Gasteiger partial charge in [0.2, 0.25) is 0 Å². The van der Waals surface area contributed by atoms with Gasteiger partial charge in [-0.1, -0.05) is 54.6 Å². The minimum absolute atomic E-state index is 0.125. The van der Waals surface area contributed by atoms with Crippen molar-refractivity contribution < 1.29 is 28.6 Å². The second-order valence-corrected chi connectivity index (χ2v) is 8.44. The first-order chi connectivity index (χ1) is 16.9. The Kier molecular flexibility index (Phi) is 5.78. The van der Waals surface area contributed by atoms with E-state index < -0.39 is 23.8 Å². The molecule has 0 unspecified atom stereocenters. The summed E-state index contributed by atoms with van der Waals surface area (Å²) in [6.45, 7) is 0.557. The second kappa shape index (κ2) is 9.06. The monoisotopic (exact) mass is 472 g/mol. The standard InChI is InChI=1S/C27H21FN2O5/c28-23-11-10-18(13-24-20-8-4-5-9-21(20)26(32)35-24)12-22(23)25(31)29-15-19(16-29)30(27(33)34)14-17-6-2-1-3-7-17/h1-13,19H,14-16H2,(H,33,34)/b24-13-. The zero-order valence-corrected chi connectivity index (χ0v) is 18.6. The summed E-state index contributed by atoms with van der Waals surface area (Å²) in [7, 11) is 0. The number of cyclic esters (lactones) is 1. The van der Waals surface area contributed by atoms with Crippen molar-refractivity contribution in [1.82, 2.24) is 9.80 Å². The van der Waals surface area contributed by atoms with Gasteiger partial charge in [-0.2, -0.15) is 0 Å². The van der Waals surface area contributed by atoms with Crippen LogP contribution in [-0.4, -0.2) is 52.0 Å². The van der Waals surface area contributed by atoms with Gasteiger partial charge in [-0.15, -0.1) is 0 Å². The van der Waals surface area contributed by atoms with Gasteiger partial charge in [-0.3, -0.25) is 9.69 Å². The highest BCUT2D eigenvalue weighted by atomic mass is 19.1. The predicted octanol–water partition coefficient (Wildman–Crippen LogP) is 4.50. The highest BCUT2D eigenvalue weighted by Gasteiger charge is 2.38. The molecular formula is C27H21FN2O5. The van der Waals surface area contributed by atoms with E-state index in [2.05, 4.69) is 0 Å². The number of rotatable bonds is 5. The van der Waals surface area contributed by atoms with Crippen LogP contribution in [0.1, 0.15) is 37.4 Å². The number of hydrogen-bond donors (Lipinski definition) is 1. The van der Waals surface area contributed by atoms with E-state index in [1.54, 1.807) is 30.3 Å². The van der Waals surface area contributed by atoms with Crippen LogP contribution in [-0.2, 0) is 11.3 Å². The molecule has 7 nitrogen and oxygen atoms in total. The minimum Gasteiger partial charge on any atom is -0.465 e. The van der Waals surface area contributed by atoms with Gasteiger partial charge in [0, 0.05) is 25.2 Å². The fourth-order valence-electron chi connectivity index (χ4n) is 4.26. The van der Waals surface area contributed by atoms with Crippen LogP contribution in [0.15, 0.2) is 72.8 Å². The molecular weight excluding hydrogens is 451 g/mol. The number of carboxylic acid groups (broad SMARTS) is 1. The Hall–Kier alpha value is -4.46. The Balaban J connectivity index is 1.31. The molecule has 35 heavy (non-hydrogen) atoms. The van der Waals surface area contributed by atoms with Crippen LogP contribution in [0, 0.1) is 5.82 Å². The number of fused-ring (bicyclic) bond motifs is 1. The quantitative estimate of drug-likeness (QED) is 0.553. The third kappa shape index (κ3) is 4.38. The second-order valence-electron chi connectivity index (χ2n) is 8.44. The number of carbonyl (C=O) groups is 3. The first kappa shape index (κ1) is 22.3. The molecule has 3 aromatic carbocycles. The van der Waals surface area contributed by atoms with Gasteiger partial charge < -0.3 is 14.7 Å². The van der Waals surface area contributed by atoms with Crippen molar-refractivity contribution in [3.63, 3.8) is 0 Å². The first-order valence-corrected chi connectivity index (χ1v) is 11.1. The van der Waals surface area contributed by atoms with E-state index in [-0.39, 0.29) is 31.2 Å². The predicted molar refractivity (Wildman–Crippen MR) is 126 cm³/mol. The maximum absolute atomic E-state index is 14.6. The van der Waals surface area contributed by atoms with Gasteiger partial charge in [0.25, 0.3) is 5.91 Å². The van der Waals surface area contributed by atoms with Gasteiger partial charge in [-0.25, -0.2) is 14.0 Å². The Morgan fingerprint density at radius 2 is 1.71 bits per heavy atom. The lowest BCUT2D eigenvalue weighted by atomic mass is 10.0. The zero-order chi connectivity index (χ0) is 24.5. The van der Waals surface area contributed by atoms with Crippen LogP contribution in [0.4, 0.5) is 9.18 Å². The molecule has 3 aromatic rings. The number of esters is 1. The molecule has 2 heterocycles. The van der Waals surface area contributed by atoms with Crippen molar-refractivity contribution in [3.05, 3.63) is 106 Å². The van der Waals surface area contributed by atoms with Gasteiger partial charge in [0.15, 0.2) is 0 Å². The van der Waals surface area contributed by atoms with E-state index >= 15 is 0 Å². The number of amides is 2. The molecule has 1 saturated heterocycles. The average Bonchev–Trinajstić information content (AvgIpc) is 3.14. The summed E-state index contributed by atoms with van der Waals surface area (Å²) in [6.07, 6.45) is 0.516. The topological polar surface area (TPSA) is 87.2 Å². The molecule has 0 atom stereocenters. The van der Waals surface area contributed by atoms with Crippen molar-refractivity contribution in [2.45, 2.75) is 12.6 Å². The van der Waals surface area contributed by atoms with Crippen molar-refractivity contribution in [3.8, 4) is 0 Å². The molecule has 0 aromatic heterocycles. The highest BCUT2D eigenvalue weighted by Crippen LogP contribution is 2.31. The molecule has 0 radical (unpaired) electrons. The summed E-state index contributed by atoms with van der Waals surface area (Å²) in [5.41, 5.74) is 2.30. The molecule has 0 bridgehead atoms. The van der Waals surface area contributed by atoms with Crippen LogP contribution in [0.5, 0.6) is 0 Å². The fraction of sp³-hybridized carbons (Fsp3) is 0.148. The zero-order valence-electron chi connectivity index (χ0n) is 18.6. The molecule has 0 spiro atoms. The molecule has 8 heteroatoms. The van der Waals surface area contributed by atoms with Crippen LogP contribution in [0.2, 0.25) is 0 Å². The van der Waals surface area contributed by atoms with Crippen molar-refractivity contribution >= 4 is 29.8 Å². The maximum Gasteiger partial charge on any atom is 0.407 e. The SMILES string of the molecule is O=C1O/C(=C\c2ccc(F)c(C(=O)N3CC(N(Cc4ccccc4)C(=O)O)C3)c2)c2ccccc21. The summed E-state index contributed by atoms with van der Waals surface area (Å²) in [4.78, 5) is 39.5. The van der Waals surface area contributed by atoms with Crippen LogP contribution in [0.3, 0.4) is 0 Å². The normalized spacial score (nSPS) is 16.0. The number of benzene rings is 3. The molecule has 0 aliphatic carbocycles. The van der Waals surface area contributed by atoms with Crippen LogP contribution < -0.4 is 0 Å². The number of likely N-dealkylation sites (tertiary alicyclic amines) is 1. The minimum atomic E-state index is -1.07. The number of carbonyl (C=O) groups excluding carboxylic acids is 2. The molecule has 2 aliphatic rings. The number of nitrogens with zero attached hydrogens (tertiary/aromatic N) is 2. The van der Waals surface area contributed by atoms with Crippen molar-refractivity contribution in [2.24, 2.45) is 0 Å². The lowest BCUT2D eigenvalue weighted by Crippen LogP contribution is -2.61. The van der Waals surface area contributed by atoms with Gasteiger partial charge in [0.1, 0.15) is 11.6 Å². The first-order valence-electron chi connectivity index (χ1n) is 11.1. The number of ether oxygens (including phenoxy) is 1. The molecule has 1 N–H and O–H groups in total. The third-order valence-corrected chi connectivity index (χ3v) is 6.17. The molecule has 1 fully saturated rings. The summed E-state index contributed by atoms with van der Waals surface area (Å²) in [6, 6.07) is 19.9. The third-order valence-electron chi connectivity index (χ3n) is 6.17. The van der Waals surface area contributed by atoms with Crippen molar-refractivity contribution in [1.29, 1.82) is 0 Å². The summed E-state index contributed by atoms with van der Waals surface area (Å²) in [5.74, 6) is -1.33. The van der Waals surface area contributed by atoms with E-state index in [0.717, 1.165) is 5.56 Å². The van der Waals surface area contributed by atoms with E-state index in [1.165, 1.54) is 28.0 Å². The number of hydrogen-bond acceptors (Lipinski definition) is 4. The summed E-state index contributed by atoms with van der Waals surface area (Å²) < 4.78 is 19.9. The van der Waals surface area contributed by atoms with Gasteiger partial charge in [-0.05, 0) is 35.4 Å². The van der Waals surface area contributed by atoms with E-state index in [4.69, 9.17) is 4.74 Å². The van der Waals surface area contributed by atoms with Gasteiger partial charge >= 0.3 is 12.1 Å². The van der Waals surface area contributed by atoms with E-state index in [1.807, 2.05) is 30.3 Å². The fourth-order valence-corrected chi connectivity index (χ4v) is 4.26. The largest absolute Gasteiger partial charge is 0.465 e. The molecule has 2 amide bonds. The van der Waals surface area contributed by atoms with E-state index in [0.29, 0.717) is 22.4 Å². The van der Waals surface area contributed by atoms with Crippen LogP contribution >= 0.6 is 0 Å². The highest BCUT2D eigenvalue weighted by molar-refractivity contribution is 6.06. The molecule has 2 aliphatic heterocycles. The summed E-state index contributed by atoms with van der Waals surface area (Å²) >= 11 is 0. The van der Waals surface area contributed by atoms with Gasteiger partial charge in [0.05, 0.1) is 17.2 Å². The Morgan fingerprint density at radius 3 is 2.43 bits per heavy atom. The lowest BCUT2D eigenvalue weighted by molar-refractivity contribution is 0.0254. The smallest absolute Gasteiger partial charge is 0.407 e. The number of halogens is 1. The molecule has 5 rings (SSSR count). The van der Waals surface area contributed by atoms with Crippen molar-refractivity contribution in [2.75, 3.05) is 13.1 Å². The maximum atomic E-state index is 14.6. The summed E-state index contributed by atoms with van der Waals surface area (Å²) in [5, 5.41) is 9.64. The van der Waals surface area contributed by atoms with Crippen LogP contribution in [0.25, 0.3) is 11.8 Å². The molecule has 176 valence electrons. The van der Waals surface area contributed by atoms with E-state index in [9.17, 15) is 23.9 Å². The average molecular weight is 472 g/mol. The Bertz CT molecular complexity index is 1350. The molecule has 0 saturated carbocycles. The Morgan fingerprint density at radius 1 is 1.03 bits per heavy atom. The lowest BCUT2D eigenvalue weighted by Gasteiger charge is -2.44.